The average Bonchev–Trinajstić information content (AvgIpc) is 3.29. The predicted molar refractivity (Wildman–Crippen MR) is 129 cm³/mol. The molecule has 3 aliphatic rings. The van der Waals surface area contributed by atoms with Crippen molar-refractivity contribution in [3.05, 3.63) is 66.0 Å². The van der Waals surface area contributed by atoms with Crippen LogP contribution in [0.3, 0.4) is 0 Å². The first-order valence-corrected chi connectivity index (χ1v) is 12.5. The topological polar surface area (TPSA) is 48.9 Å². The average molecular weight is 449 g/mol. The zero-order valence-corrected chi connectivity index (χ0v) is 19.7. The van der Waals surface area contributed by atoms with E-state index in [2.05, 4.69) is 63.0 Å². The van der Waals surface area contributed by atoms with Gasteiger partial charge < -0.3 is 9.64 Å². The van der Waals surface area contributed by atoms with Gasteiger partial charge in [0.05, 0.1) is 5.92 Å². The van der Waals surface area contributed by atoms with E-state index in [1.165, 1.54) is 5.56 Å². The summed E-state index contributed by atoms with van der Waals surface area (Å²) in [5.74, 6) is 0.407. The molecule has 0 saturated carbocycles. The molecule has 0 unspecified atom stereocenters. The highest BCUT2D eigenvalue weighted by atomic mass is 16.5. The summed E-state index contributed by atoms with van der Waals surface area (Å²) in [6.07, 6.45) is 4.07. The van der Waals surface area contributed by atoms with Crippen LogP contribution in [0.5, 0.6) is 0 Å². The molecular weight excluding hydrogens is 412 g/mol. The Bertz CT molecular complexity index is 903. The zero-order chi connectivity index (χ0) is 22.6. The van der Waals surface area contributed by atoms with Crippen LogP contribution in [0.15, 0.2) is 54.7 Å². The molecule has 3 atom stereocenters. The monoisotopic (exact) mass is 448 g/mol. The second-order valence-electron chi connectivity index (χ2n) is 9.87. The Hall–Kier alpha value is -2.28. The Morgan fingerprint density at radius 1 is 1.00 bits per heavy atom. The van der Waals surface area contributed by atoms with Crippen molar-refractivity contribution < 1.29 is 9.53 Å². The summed E-state index contributed by atoms with van der Waals surface area (Å²) in [4.78, 5) is 25.7. The summed E-state index contributed by atoms with van der Waals surface area (Å²) in [6.45, 7) is 9.24. The standard InChI is InChI=1S/C27H36N4O2/c1-21-17-30(23-10-15-33-16-11-23)13-14-31(21)27(32)25-20-29(18-22-7-3-2-4-8-22)19-24(25)26-9-5-6-12-28-26/h2-9,12,21,23-25H,10-11,13-20H2,1H3/t21-,24-,25-/m1/s1. The van der Waals surface area contributed by atoms with Crippen LogP contribution in [0.2, 0.25) is 0 Å². The number of nitrogens with zero attached hydrogens (tertiary/aromatic N) is 4. The quantitative estimate of drug-likeness (QED) is 0.704. The van der Waals surface area contributed by atoms with Crippen LogP contribution in [0.4, 0.5) is 0 Å². The van der Waals surface area contributed by atoms with Crippen molar-refractivity contribution in [2.75, 3.05) is 45.9 Å². The molecule has 33 heavy (non-hydrogen) atoms. The Morgan fingerprint density at radius 3 is 2.52 bits per heavy atom. The Labute approximate surface area is 197 Å². The van der Waals surface area contributed by atoms with Crippen LogP contribution in [0, 0.1) is 5.92 Å². The molecule has 0 aliphatic carbocycles. The van der Waals surface area contributed by atoms with Crippen LogP contribution in [-0.4, -0.2) is 83.6 Å². The third kappa shape index (κ3) is 5.13. The second kappa shape index (κ2) is 10.3. The number of piperazine rings is 1. The fourth-order valence-corrected chi connectivity index (χ4v) is 5.91. The molecular formula is C27H36N4O2. The first-order chi connectivity index (χ1) is 16.2. The third-order valence-electron chi connectivity index (χ3n) is 7.68. The summed E-state index contributed by atoms with van der Waals surface area (Å²) < 4.78 is 5.55. The van der Waals surface area contributed by atoms with Gasteiger partial charge in [-0.3, -0.25) is 19.6 Å². The molecule has 1 amide bonds. The van der Waals surface area contributed by atoms with Crippen LogP contribution in [0.25, 0.3) is 0 Å². The van der Waals surface area contributed by atoms with E-state index < -0.39 is 0 Å². The number of carbonyl (C=O) groups is 1. The fourth-order valence-electron chi connectivity index (χ4n) is 5.91. The highest BCUT2D eigenvalue weighted by Crippen LogP contribution is 2.35. The number of ether oxygens (including phenoxy) is 1. The van der Waals surface area contributed by atoms with E-state index in [1.807, 2.05) is 18.3 Å². The van der Waals surface area contributed by atoms with Gasteiger partial charge in [0.2, 0.25) is 5.91 Å². The van der Waals surface area contributed by atoms with E-state index >= 15 is 0 Å². The molecule has 0 radical (unpaired) electrons. The maximum Gasteiger partial charge on any atom is 0.228 e. The number of carbonyl (C=O) groups excluding carboxylic acids is 1. The van der Waals surface area contributed by atoms with Gasteiger partial charge in [0.1, 0.15) is 0 Å². The summed E-state index contributed by atoms with van der Waals surface area (Å²) in [6, 6.07) is 17.5. The van der Waals surface area contributed by atoms with E-state index in [9.17, 15) is 4.79 Å². The Kier molecular flexibility index (Phi) is 7.04. The minimum Gasteiger partial charge on any atom is -0.381 e. The van der Waals surface area contributed by atoms with E-state index in [0.717, 1.165) is 71.0 Å². The summed E-state index contributed by atoms with van der Waals surface area (Å²) in [7, 11) is 0. The lowest BCUT2D eigenvalue weighted by molar-refractivity contribution is -0.141. The molecule has 1 aromatic heterocycles. The normalized spacial score (nSPS) is 27.7. The number of amides is 1. The zero-order valence-electron chi connectivity index (χ0n) is 19.7. The number of benzene rings is 1. The van der Waals surface area contributed by atoms with Crippen molar-refractivity contribution >= 4 is 5.91 Å². The molecule has 3 saturated heterocycles. The van der Waals surface area contributed by atoms with Gasteiger partial charge in [-0.25, -0.2) is 0 Å². The smallest absolute Gasteiger partial charge is 0.228 e. The lowest BCUT2D eigenvalue weighted by Gasteiger charge is -2.45. The summed E-state index contributed by atoms with van der Waals surface area (Å²) >= 11 is 0. The van der Waals surface area contributed by atoms with Crippen molar-refractivity contribution in [3.8, 4) is 0 Å². The maximum absolute atomic E-state index is 13.9. The number of hydrogen-bond acceptors (Lipinski definition) is 5. The van der Waals surface area contributed by atoms with Crippen molar-refractivity contribution in [2.45, 2.75) is 44.3 Å². The summed E-state index contributed by atoms with van der Waals surface area (Å²) in [5.41, 5.74) is 2.34. The molecule has 1 aromatic carbocycles. The molecule has 176 valence electrons. The van der Waals surface area contributed by atoms with Gasteiger partial charge in [-0.05, 0) is 37.5 Å². The number of rotatable bonds is 5. The molecule has 0 bridgehead atoms. The van der Waals surface area contributed by atoms with E-state index in [1.54, 1.807) is 0 Å². The minimum atomic E-state index is -0.0410. The van der Waals surface area contributed by atoms with Crippen molar-refractivity contribution in [2.24, 2.45) is 5.92 Å². The number of hydrogen-bond donors (Lipinski definition) is 0. The molecule has 3 aliphatic heterocycles. The third-order valence-corrected chi connectivity index (χ3v) is 7.68. The van der Waals surface area contributed by atoms with E-state index in [0.29, 0.717) is 11.9 Å². The van der Waals surface area contributed by atoms with Gasteiger partial charge >= 0.3 is 0 Å². The lowest BCUT2D eigenvalue weighted by atomic mass is 9.90. The first kappa shape index (κ1) is 22.5. The molecule has 0 N–H and O–H groups in total. The largest absolute Gasteiger partial charge is 0.381 e. The van der Waals surface area contributed by atoms with Gasteiger partial charge in [-0.15, -0.1) is 0 Å². The maximum atomic E-state index is 13.9. The molecule has 6 nitrogen and oxygen atoms in total. The Morgan fingerprint density at radius 2 is 1.79 bits per heavy atom. The Balaban J connectivity index is 1.29. The highest BCUT2D eigenvalue weighted by Gasteiger charge is 2.43. The first-order valence-electron chi connectivity index (χ1n) is 12.5. The highest BCUT2D eigenvalue weighted by molar-refractivity contribution is 5.81. The number of likely N-dealkylation sites (tertiary alicyclic amines) is 1. The molecule has 2 aromatic rings. The number of aromatic nitrogens is 1. The van der Waals surface area contributed by atoms with E-state index in [4.69, 9.17) is 4.74 Å². The number of pyridine rings is 1. The van der Waals surface area contributed by atoms with Crippen LogP contribution >= 0.6 is 0 Å². The lowest BCUT2D eigenvalue weighted by Crippen LogP contribution is -2.58. The van der Waals surface area contributed by atoms with Gasteiger partial charge in [-0.2, -0.15) is 0 Å². The van der Waals surface area contributed by atoms with Crippen molar-refractivity contribution in [1.82, 2.24) is 19.7 Å². The molecule has 3 fully saturated rings. The van der Waals surface area contributed by atoms with Gasteiger partial charge in [-0.1, -0.05) is 36.4 Å². The SMILES string of the molecule is C[C@@H]1CN(C2CCOCC2)CCN1C(=O)[C@@H]1CN(Cc2ccccc2)C[C@H]1c1ccccn1. The van der Waals surface area contributed by atoms with Crippen molar-refractivity contribution in [1.29, 1.82) is 0 Å². The van der Waals surface area contributed by atoms with E-state index in [-0.39, 0.29) is 17.9 Å². The summed E-state index contributed by atoms with van der Waals surface area (Å²) in [5, 5.41) is 0. The molecule has 4 heterocycles. The van der Waals surface area contributed by atoms with Crippen LogP contribution in [-0.2, 0) is 16.1 Å². The molecule has 6 heteroatoms. The molecule has 5 rings (SSSR count). The predicted octanol–water partition coefficient (Wildman–Crippen LogP) is 3.01. The van der Waals surface area contributed by atoms with Gasteiger partial charge in [0, 0.05) is 82.4 Å². The van der Waals surface area contributed by atoms with Gasteiger partial charge in [0.15, 0.2) is 0 Å². The minimum absolute atomic E-state index is 0.0410. The molecule has 0 spiro atoms. The second-order valence-corrected chi connectivity index (χ2v) is 9.87. The van der Waals surface area contributed by atoms with Gasteiger partial charge in [0.25, 0.3) is 0 Å². The fraction of sp³-hybridized carbons (Fsp3) is 0.556. The van der Waals surface area contributed by atoms with Crippen LogP contribution < -0.4 is 0 Å². The van der Waals surface area contributed by atoms with Crippen LogP contribution in [0.1, 0.15) is 36.9 Å². The van der Waals surface area contributed by atoms with Crippen molar-refractivity contribution in [3.63, 3.8) is 0 Å².